The van der Waals surface area contributed by atoms with E-state index in [0.717, 1.165) is 18.8 Å². The fraction of sp³-hybridized carbons (Fsp3) is 0.625. The number of hydrogen-bond donors (Lipinski definition) is 2. The SMILES string of the molecule is CCCCCCCCCCOc1ccc(B(O)O)cc1. The summed E-state index contributed by atoms with van der Waals surface area (Å²) in [6.45, 7) is 2.97. The fourth-order valence-electron chi connectivity index (χ4n) is 2.16. The van der Waals surface area contributed by atoms with Gasteiger partial charge in [-0.05, 0) is 24.0 Å². The molecule has 0 spiro atoms. The van der Waals surface area contributed by atoms with Gasteiger partial charge in [-0.25, -0.2) is 0 Å². The van der Waals surface area contributed by atoms with Crippen LogP contribution < -0.4 is 10.2 Å². The van der Waals surface area contributed by atoms with Crippen molar-refractivity contribution in [3.8, 4) is 5.75 Å². The van der Waals surface area contributed by atoms with Crippen molar-refractivity contribution in [1.29, 1.82) is 0 Å². The molecular weight excluding hydrogens is 251 g/mol. The highest BCUT2D eigenvalue weighted by Gasteiger charge is 2.09. The predicted octanol–water partition coefficient (Wildman–Crippen LogP) is 2.89. The lowest BCUT2D eigenvalue weighted by molar-refractivity contribution is 0.304. The van der Waals surface area contributed by atoms with Gasteiger partial charge in [0.1, 0.15) is 5.75 Å². The minimum Gasteiger partial charge on any atom is -0.494 e. The Labute approximate surface area is 123 Å². The highest BCUT2D eigenvalue weighted by molar-refractivity contribution is 6.58. The Morgan fingerprint density at radius 1 is 0.850 bits per heavy atom. The highest BCUT2D eigenvalue weighted by atomic mass is 16.5. The predicted molar refractivity (Wildman–Crippen MR) is 84.4 cm³/mol. The van der Waals surface area contributed by atoms with Gasteiger partial charge in [0.15, 0.2) is 0 Å². The van der Waals surface area contributed by atoms with Crippen molar-refractivity contribution in [2.75, 3.05) is 6.61 Å². The summed E-state index contributed by atoms with van der Waals surface area (Å²) in [6, 6.07) is 6.90. The van der Waals surface area contributed by atoms with Crippen molar-refractivity contribution in [1.82, 2.24) is 0 Å². The molecule has 0 fully saturated rings. The van der Waals surface area contributed by atoms with Crippen LogP contribution in [0.1, 0.15) is 58.3 Å². The van der Waals surface area contributed by atoms with Gasteiger partial charge < -0.3 is 14.8 Å². The van der Waals surface area contributed by atoms with Gasteiger partial charge in [-0.15, -0.1) is 0 Å². The third-order valence-electron chi connectivity index (χ3n) is 3.44. The smallest absolute Gasteiger partial charge is 0.488 e. The molecule has 0 aromatic heterocycles. The average molecular weight is 278 g/mol. The normalized spacial score (nSPS) is 10.6. The molecule has 112 valence electrons. The minimum absolute atomic E-state index is 0.490. The number of hydrogen-bond acceptors (Lipinski definition) is 3. The molecule has 0 saturated carbocycles. The molecule has 3 nitrogen and oxygen atoms in total. The Kier molecular flexibility index (Phi) is 9.17. The van der Waals surface area contributed by atoms with Gasteiger partial charge in [0.2, 0.25) is 0 Å². The molecule has 0 aliphatic heterocycles. The topological polar surface area (TPSA) is 49.7 Å². The first-order valence-corrected chi connectivity index (χ1v) is 7.83. The Bertz CT molecular complexity index is 338. The van der Waals surface area contributed by atoms with E-state index in [2.05, 4.69) is 6.92 Å². The molecule has 20 heavy (non-hydrogen) atoms. The number of benzene rings is 1. The van der Waals surface area contributed by atoms with Crippen LogP contribution in [-0.2, 0) is 0 Å². The van der Waals surface area contributed by atoms with Gasteiger partial charge in [-0.2, -0.15) is 0 Å². The zero-order valence-electron chi connectivity index (χ0n) is 12.6. The molecule has 0 aliphatic carbocycles. The maximum atomic E-state index is 8.98. The Balaban J connectivity index is 2.01. The first kappa shape index (κ1) is 17.1. The van der Waals surface area contributed by atoms with Crippen LogP contribution in [0, 0.1) is 0 Å². The zero-order valence-corrected chi connectivity index (χ0v) is 12.6. The third-order valence-corrected chi connectivity index (χ3v) is 3.44. The van der Waals surface area contributed by atoms with E-state index in [0.29, 0.717) is 5.46 Å². The largest absolute Gasteiger partial charge is 0.494 e. The zero-order chi connectivity index (χ0) is 14.6. The lowest BCUT2D eigenvalue weighted by Gasteiger charge is -2.07. The van der Waals surface area contributed by atoms with Crippen molar-refractivity contribution >= 4 is 12.6 Å². The first-order chi connectivity index (χ1) is 9.74. The van der Waals surface area contributed by atoms with Crippen LogP contribution >= 0.6 is 0 Å². The van der Waals surface area contributed by atoms with Crippen LogP contribution in [0.4, 0.5) is 0 Å². The molecule has 0 saturated heterocycles. The lowest BCUT2D eigenvalue weighted by atomic mass is 9.80. The molecule has 0 unspecified atom stereocenters. The monoisotopic (exact) mass is 278 g/mol. The first-order valence-electron chi connectivity index (χ1n) is 7.83. The van der Waals surface area contributed by atoms with Crippen LogP contribution in [0.15, 0.2) is 24.3 Å². The van der Waals surface area contributed by atoms with E-state index in [9.17, 15) is 0 Å². The van der Waals surface area contributed by atoms with Crippen molar-refractivity contribution in [2.45, 2.75) is 58.3 Å². The summed E-state index contributed by atoms with van der Waals surface area (Å²) < 4.78 is 5.62. The van der Waals surface area contributed by atoms with E-state index in [1.54, 1.807) is 24.3 Å². The highest BCUT2D eigenvalue weighted by Crippen LogP contribution is 2.11. The van der Waals surface area contributed by atoms with Gasteiger partial charge in [-0.1, -0.05) is 64.0 Å². The summed E-state index contributed by atoms with van der Waals surface area (Å²) in [4.78, 5) is 0. The van der Waals surface area contributed by atoms with E-state index < -0.39 is 7.12 Å². The maximum Gasteiger partial charge on any atom is 0.488 e. The van der Waals surface area contributed by atoms with Gasteiger partial charge in [-0.3, -0.25) is 0 Å². The van der Waals surface area contributed by atoms with Crippen molar-refractivity contribution in [3.05, 3.63) is 24.3 Å². The Morgan fingerprint density at radius 3 is 1.95 bits per heavy atom. The molecule has 0 atom stereocenters. The second kappa shape index (κ2) is 10.8. The van der Waals surface area contributed by atoms with Crippen LogP contribution in [0.3, 0.4) is 0 Å². The molecule has 1 rings (SSSR count). The summed E-state index contributed by atoms with van der Waals surface area (Å²) in [7, 11) is -1.41. The standard InChI is InChI=1S/C16H27BO3/c1-2-3-4-5-6-7-8-9-14-20-16-12-10-15(11-13-16)17(18)19/h10-13,18-19H,2-9,14H2,1H3. The van der Waals surface area contributed by atoms with Gasteiger partial charge in [0.05, 0.1) is 6.61 Å². The van der Waals surface area contributed by atoms with Crippen LogP contribution in [-0.4, -0.2) is 23.8 Å². The van der Waals surface area contributed by atoms with E-state index in [1.807, 2.05) is 0 Å². The molecule has 0 bridgehead atoms. The lowest BCUT2D eigenvalue weighted by Crippen LogP contribution is -2.29. The molecule has 0 heterocycles. The summed E-state index contributed by atoms with van der Waals surface area (Å²) in [5.74, 6) is 0.789. The number of ether oxygens (including phenoxy) is 1. The summed E-state index contributed by atoms with van der Waals surface area (Å²) in [6.07, 6.45) is 10.3. The van der Waals surface area contributed by atoms with Crippen molar-refractivity contribution < 1.29 is 14.8 Å². The second-order valence-corrected chi connectivity index (χ2v) is 5.27. The van der Waals surface area contributed by atoms with Gasteiger partial charge in [0, 0.05) is 0 Å². The van der Waals surface area contributed by atoms with Gasteiger partial charge >= 0.3 is 7.12 Å². The summed E-state index contributed by atoms with van der Waals surface area (Å²) in [5.41, 5.74) is 0.490. The molecular formula is C16H27BO3. The van der Waals surface area contributed by atoms with E-state index >= 15 is 0 Å². The molecule has 0 amide bonds. The molecule has 0 aliphatic rings. The molecule has 1 aromatic rings. The van der Waals surface area contributed by atoms with E-state index in [1.165, 1.54) is 44.9 Å². The number of rotatable bonds is 11. The minimum atomic E-state index is -1.41. The van der Waals surface area contributed by atoms with Crippen molar-refractivity contribution in [3.63, 3.8) is 0 Å². The van der Waals surface area contributed by atoms with Crippen LogP contribution in [0.25, 0.3) is 0 Å². The Hall–Kier alpha value is -0.995. The summed E-state index contributed by atoms with van der Waals surface area (Å²) in [5, 5.41) is 18.0. The van der Waals surface area contributed by atoms with Gasteiger partial charge in [0.25, 0.3) is 0 Å². The summed E-state index contributed by atoms with van der Waals surface area (Å²) >= 11 is 0. The second-order valence-electron chi connectivity index (χ2n) is 5.27. The average Bonchev–Trinajstić information content (AvgIpc) is 2.46. The molecule has 1 aromatic carbocycles. The fourth-order valence-corrected chi connectivity index (χ4v) is 2.16. The maximum absolute atomic E-state index is 8.98. The van der Waals surface area contributed by atoms with Crippen molar-refractivity contribution in [2.24, 2.45) is 0 Å². The van der Waals surface area contributed by atoms with Crippen LogP contribution in [0.2, 0.25) is 0 Å². The van der Waals surface area contributed by atoms with E-state index in [-0.39, 0.29) is 0 Å². The molecule has 2 N–H and O–H groups in total. The van der Waals surface area contributed by atoms with Crippen LogP contribution in [0.5, 0.6) is 5.75 Å². The Morgan fingerprint density at radius 2 is 1.40 bits per heavy atom. The molecule has 0 radical (unpaired) electrons. The quantitative estimate of drug-likeness (QED) is 0.483. The third kappa shape index (κ3) is 7.56. The van der Waals surface area contributed by atoms with E-state index in [4.69, 9.17) is 14.8 Å². The number of unbranched alkanes of at least 4 members (excludes halogenated alkanes) is 7. The molecule has 4 heteroatoms.